The maximum Gasteiger partial charge on any atom is 0.416 e. The van der Waals surface area contributed by atoms with E-state index in [0.29, 0.717) is 0 Å². The third-order valence-electron chi connectivity index (χ3n) is 2.22. The van der Waals surface area contributed by atoms with Crippen molar-refractivity contribution < 1.29 is 28.2 Å². The van der Waals surface area contributed by atoms with Gasteiger partial charge < -0.3 is 15.9 Å². The summed E-state index contributed by atoms with van der Waals surface area (Å²) in [5.74, 6) is -1.19. The molecule has 0 aromatic heterocycles. The molecule has 0 amide bonds. The average Bonchev–Trinajstić information content (AvgIpc) is 2.26. The highest BCUT2D eigenvalue weighted by molar-refractivity contribution is 5.87. The largest absolute Gasteiger partial charge is 0.478 e. The second kappa shape index (κ2) is 4.72. The first-order valence-electron chi connectivity index (χ1n) is 4.57. The van der Waals surface area contributed by atoms with Gasteiger partial charge in [-0.3, -0.25) is 0 Å². The van der Waals surface area contributed by atoms with Crippen LogP contribution < -0.4 is 5.73 Å². The van der Waals surface area contributed by atoms with Crippen molar-refractivity contribution in [1.29, 1.82) is 0 Å². The van der Waals surface area contributed by atoms with E-state index >= 15 is 0 Å². The summed E-state index contributed by atoms with van der Waals surface area (Å²) in [4.78, 5) is 10.5. The molecule has 2 atom stereocenters. The maximum absolute atomic E-state index is 12.2. The number of carbonyl (C=O) groups is 1. The minimum Gasteiger partial charge on any atom is -0.478 e. The number of nitrogens with two attached hydrogens (primary N) is 1. The second-order valence-corrected chi connectivity index (χ2v) is 3.44. The van der Waals surface area contributed by atoms with Gasteiger partial charge in [-0.15, -0.1) is 0 Å². The Morgan fingerprint density at radius 3 is 2.06 bits per heavy atom. The molecule has 7 heteroatoms. The van der Waals surface area contributed by atoms with Crippen molar-refractivity contribution in [3.63, 3.8) is 0 Å². The lowest BCUT2D eigenvalue weighted by Gasteiger charge is -2.21. The van der Waals surface area contributed by atoms with Crippen molar-refractivity contribution in [3.05, 3.63) is 35.4 Å². The van der Waals surface area contributed by atoms with E-state index in [-0.39, 0.29) is 11.1 Å². The number of aromatic carboxylic acids is 1. The molecule has 17 heavy (non-hydrogen) atoms. The molecule has 0 fully saturated rings. The van der Waals surface area contributed by atoms with E-state index in [1.165, 1.54) is 0 Å². The molecule has 1 aromatic carbocycles. The van der Waals surface area contributed by atoms with Crippen LogP contribution in [-0.4, -0.2) is 28.5 Å². The number of aliphatic hydroxyl groups excluding tert-OH is 1. The molecule has 1 aromatic rings. The Morgan fingerprint density at radius 2 is 1.71 bits per heavy atom. The number of halogens is 3. The van der Waals surface area contributed by atoms with Crippen molar-refractivity contribution in [2.75, 3.05) is 0 Å². The fourth-order valence-corrected chi connectivity index (χ4v) is 1.23. The quantitative estimate of drug-likeness (QED) is 0.754. The molecule has 0 aliphatic heterocycles. The molecule has 94 valence electrons. The van der Waals surface area contributed by atoms with Crippen LogP contribution >= 0.6 is 0 Å². The van der Waals surface area contributed by atoms with Crippen LogP contribution in [-0.2, 0) is 0 Å². The molecular formula is C10H10F3NO3. The minimum atomic E-state index is -4.81. The molecule has 0 aliphatic carbocycles. The lowest BCUT2D eigenvalue weighted by Crippen LogP contribution is -2.38. The number of alkyl halides is 3. The summed E-state index contributed by atoms with van der Waals surface area (Å²) in [6.07, 6.45) is -7.50. The lowest BCUT2D eigenvalue weighted by atomic mass is 10.0. The second-order valence-electron chi connectivity index (χ2n) is 3.44. The first-order valence-corrected chi connectivity index (χ1v) is 4.57. The number of hydrogen-bond acceptors (Lipinski definition) is 3. The molecule has 0 spiro atoms. The van der Waals surface area contributed by atoms with Crippen molar-refractivity contribution in [3.8, 4) is 0 Å². The maximum atomic E-state index is 12.2. The Labute approximate surface area is 94.5 Å². The topological polar surface area (TPSA) is 83.6 Å². The van der Waals surface area contributed by atoms with E-state index in [9.17, 15) is 18.0 Å². The van der Waals surface area contributed by atoms with Crippen molar-refractivity contribution >= 4 is 5.97 Å². The van der Waals surface area contributed by atoms with E-state index in [1.54, 1.807) is 0 Å². The van der Waals surface area contributed by atoms with Crippen LogP contribution in [0.4, 0.5) is 13.2 Å². The number of rotatable bonds is 3. The van der Waals surface area contributed by atoms with Crippen LogP contribution in [0.5, 0.6) is 0 Å². The molecule has 0 aliphatic rings. The first kappa shape index (κ1) is 13.5. The van der Waals surface area contributed by atoms with Crippen LogP contribution in [0, 0.1) is 0 Å². The summed E-state index contributed by atoms with van der Waals surface area (Å²) >= 11 is 0. The van der Waals surface area contributed by atoms with E-state index in [1.807, 2.05) is 0 Å². The monoisotopic (exact) mass is 249 g/mol. The first-order chi connectivity index (χ1) is 7.73. The van der Waals surface area contributed by atoms with Gasteiger partial charge in [0.05, 0.1) is 11.6 Å². The number of carboxylic acid groups (broad SMARTS) is 1. The Bertz CT molecular complexity index is 402. The molecule has 4 nitrogen and oxygen atoms in total. The van der Waals surface area contributed by atoms with Crippen LogP contribution in [0.2, 0.25) is 0 Å². The third kappa shape index (κ3) is 3.18. The predicted molar refractivity (Wildman–Crippen MR) is 52.4 cm³/mol. The van der Waals surface area contributed by atoms with Gasteiger partial charge >= 0.3 is 12.1 Å². The van der Waals surface area contributed by atoms with Crippen LogP contribution in [0.1, 0.15) is 22.0 Å². The Balaban J connectivity index is 2.90. The molecule has 0 radical (unpaired) electrons. The smallest absolute Gasteiger partial charge is 0.416 e. The van der Waals surface area contributed by atoms with Gasteiger partial charge in [0.25, 0.3) is 0 Å². The summed E-state index contributed by atoms with van der Waals surface area (Å²) in [6.45, 7) is 0. The summed E-state index contributed by atoms with van der Waals surface area (Å²) in [6, 6.07) is 2.89. The molecule has 0 bridgehead atoms. The summed E-state index contributed by atoms with van der Waals surface area (Å²) < 4.78 is 36.5. The highest BCUT2D eigenvalue weighted by Gasteiger charge is 2.42. The van der Waals surface area contributed by atoms with E-state index in [4.69, 9.17) is 15.9 Å². The Hall–Kier alpha value is -1.60. The fourth-order valence-electron chi connectivity index (χ4n) is 1.23. The molecule has 0 unspecified atom stereocenters. The number of hydrogen-bond donors (Lipinski definition) is 3. The summed E-state index contributed by atoms with van der Waals surface area (Å²) in [5, 5.41) is 17.5. The van der Waals surface area contributed by atoms with Gasteiger partial charge in [0.2, 0.25) is 0 Å². The highest BCUT2D eigenvalue weighted by atomic mass is 19.4. The molecule has 1 rings (SSSR count). The Kier molecular flexibility index (Phi) is 3.74. The number of benzene rings is 1. The number of aliphatic hydroxyl groups is 1. The van der Waals surface area contributed by atoms with Crippen LogP contribution in [0.3, 0.4) is 0 Å². The zero-order valence-electron chi connectivity index (χ0n) is 8.48. The molecule has 0 heterocycles. The van der Waals surface area contributed by atoms with Gasteiger partial charge in [-0.25, -0.2) is 4.79 Å². The van der Waals surface area contributed by atoms with Gasteiger partial charge in [0, 0.05) is 0 Å². The van der Waals surface area contributed by atoms with Crippen LogP contribution in [0.15, 0.2) is 24.3 Å². The number of carboxylic acids is 1. The average molecular weight is 249 g/mol. The van der Waals surface area contributed by atoms with Crippen molar-refractivity contribution in [2.45, 2.75) is 18.3 Å². The van der Waals surface area contributed by atoms with Gasteiger partial charge in [-0.05, 0) is 17.7 Å². The van der Waals surface area contributed by atoms with E-state index in [0.717, 1.165) is 24.3 Å². The van der Waals surface area contributed by atoms with Crippen molar-refractivity contribution in [2.24, 2.45) is 5.73 Å². The van der Waals surface area contributed by atoms with Gasteiger partial charge in [0.15, 0.2) is 6.10 Å². The van der Waals surface area contributed by atoms with Crippen molar-refractivity contribution in [1.82, 2.24) is 0 Å². The predicted octanol–water partition coefficient (Wildman–Crippen LogP) is 1.31. The lowest BCUT2D eigenvalue weighted by molar-refractivity contribution is -0.210. The molecule has 4 N–H and O–H groups in total. The summed E-state index contributed by atoms with van der Waals surface area (Å²) in [5.41, 5.74) is 5.18. The summed E-state index contributed by atoms with van der Waals surface area (Å²) in [7, 11) is 0. The normalized spacial score (nSPS) is 15.4. The molecule has 0 saturated carbocycles. The van der Waals surface area contributed by atoms with Crippen LogP contribution in [0.25, 0.3) is 0 Å². The fraction of sp³-hybridized carbons (Fsp3) is 0.300. The van der Waals surface area contributed by atoms with Gasteiger partial charge in [-0.2, -0.15) is 13.2 Å². The van der Waals surface area contributed by atoms with Gasteiger partial charge in [-0.1, -0.05) is 12.1 Å². The molecular weight excluding hydrogens is 239 g/mol. The van der Waals surface area contributed by atoms with E-state index < -0.39 is 24.3 Å². The SMILES string of the molecule is N[C@@H](c1ccc(C(=O)O)cc1)[C@H](O)C(F)(F)F. The van der Waals surface area contributed by atoms with E-state index in [2.05, 4.69) is 0 Å². The zero-order chi connectivity index (χ0) is 13.2. The third-order valence-corrected chi connectivity index (χ3v) is 2.22. The standard InChI is InChI=1S/C10H10F3NO3/c11-10(12,13)8(15)7(14)5-1-3-6(4-2-5)9(16)17/h1-4,7-8,15H,14H2,(H,16,17)/t7-,8-/m0/s1. The molecule has 0 saturated heterocycles. The minimum absolute atomic E-state index is 0.0137. The van der Waals surface area contributed by atoms with Gasteiger partial charge in [0.1, 0.15) is 0 Å². The highest BCUT2D eigenvalue weighted by Crippen LogP contribution is 2.28. The Morgan fingerprint density at radius 1 is 1.24 bits per heavy atom. The zero-order valence-corrected chi connectivity index (χ0v) is 8.48.